The summed E-state index contributed by atoms with van der Waals surface area (Å²) in [4.78, 5) is 10.9. The Bertz CT molecular complexity index is 374. The Balaban J connectivity index is 1.43. The summed E-state index contributed by atoms with van der Waals surface area (Å²) in [7, 11) is 0. The second-order valence-corrected chi connectivity index (χ2v) is 5.58. The van der Waals surface area contributed by atoms with Crippen LogP contribution in [0.15, 0.2) is 24.8 Å². The third kappa shape index (κ3) is 2.01. The predicted molar refractivity (Wildman–Crippen MR) is 67.8 cm³/mol. The molecule has 98 valence electrons. The molecule has 0 saturated heterocycles. The Kier molecular flexibility index (Phi) is 3.25. The summed E-state index contributed by atoms with van der Waals surface area (Å²) in [5.74, 6) is 2.84. The maximum atomic E-state index is 10.9. The molecule has 0 aromatic carbocycles. The van der Waals surface area contributed by atoms with E-state index < -0.39 is 0 Å². The van der Waals surface area contributed by atoms with Gasteiger partial charge in [-0.25, -0.2) is 4.79 Å². The number of carbonyl (C=O) groups excluding carboxylic acids is 1. The quantitative estimate of drug-likeness (QED) is 0.324. The van der Waals surface area contributed by atoms with Crippen molar-refractivity contribution in [3.8, 4) is 0 Å². The number of rotatable bonds is 5. The number of hydrogen-bond donors (Lipinski definition) is 0. The van der Waals surface area contributed by atoms with Crippen LogP contribution in [0, 0.1) is 23.7 Å². The van der Waals surface area contributed by atoms with Crippen molar-refractivity contribution in [1.82, 2.24) is 0 Å². The van der Waals surface area contributed by atoms with Crippen LogP contribution in [-0.4, -0.2) is 25.3 Å². The predicted octanol–water partition coefficient (Wildman–Crippen LogP) is 2.33. The normalized spacial score (nSPS) is 39.9. The van der Waals surface area contributed by atoms with E-state index in [1.54, 1.807) is 0 Å². The third-order valence-electron chi connectivity index (χ3n) is 4.77. The molecule has 0 radical (unpaired) electrons. The molecule has 2 saturated carbocycles. The third-order valence-corrected chi connectivity index (χ3v) is 4.77. The molecule has 18 heavy (non-hydrogen) atoms. The van der Waals surface area contributed by atoms with Gasteiger partial charge < -0.3 is 9.47 Å². The molecule has 0 spiro atoms. The van der Waals surface area contributed by atoms with Gasteiger partial charge in [0.1, 0.15) is 6.61 Å². The van der Waals surface area contributed by atoms with E-state index in [0.29, 0.717) is 19.3 Å². The van der Waals surface area contributed by atoms with Crippen molar-refractivity contribution >= 4 is 5.97 Å². The average Bonchev–Trinajstić information content (AvgIpc) is 3.05. The molecule has 3 rings (SSSR count). The standard InChI is InChI=1S/C15H20O3/c1-2-15(16)18-7-6-17-14-9-10-8-13(14)12-5-3-4-11(10)12/h2-4,10-14H,1,5-9H2/t10-,11+,12-,13+,14+/m0/s1. The molecule has 0 aliphatic heterocycles. The highest BCUT2D eigenvalue weighted by molar-refractivity contribution is 5.81. The van der Waals surface area contributed by atoms with Gasteiger partial charge in [-0.1, -0.05) is 18.7 Å². The Morgan fingerprint density at radius 3 is 3.06 bits per heavy atom. The fraction of sp³-hybridized carbons (Fsp3) is 0.667. The number of carbonyl (C=O) groups is 1. The number of hydrogen-bond acceptors (Lipinski definition) is 3. The first-order valence-corrected chi connectivity index (χ1v) is 6.87. The van der Waals surface area contributed by atoms with Crippen molar-refractivity contribution in [1.29, 1.82) is 0 Å². The molecule has 0 N–H and O–H groups in total. The van der Waals surface area contributed by atoms with E-state index in [1.165, 1.54) is 25.3 Å². The van der Waals surface area contributed by atoms with Crippen LogP contribution in [0.2, 0.25) is 0 Å². The summed E-state index contributed by atoms with van der Waals surface area (Å²) in [6, 6.07) is 0. The lowest BCUT2D eigenvalue weighted by atomic mass is 9.80. The summed E-state index contributed by atoms with van der Waals surface area (Å²) in [6.07, 6.45) is 10.1. The lowest BCUT2D eigenvalue weighted by molar-refractivity contribution is -0.140. The summed E-state index contributed by atoms with van der Waals surface area (Å²) in [5, 5.41) is 0. The van der Waals surface area contributed by atoms with Crippen molar-refractivity contribution in [3.63, 3.8) is 0 Å². The molecule has 0 heterocycles. The summed E-state index contributed by atoms with van der Waals surface area (Å²) in [5.41, 5.74) is 0. The van der Waals surface area contributed by atoms with Crippen molar-refractivity contribution < 1.29 is 14.3 Å². The van der Waals surface area contributed by atoms with Crippen LogP contribution in [-0.2, 0) is 14.3 Å². The second-order valence-electron chi connectivity index (χ2n) is 5.58. The highest BCUT2D eigenvalue weighted by Crippen LogP contribution is 2.57. The van der Waals surface area contributed by atoms with E-state index in [2.05, 4.69) is 18.7 Å². The summed E-state index contributed by atoms with van der Waals surface area (Å²) in [6.45, 7) is 4.21. The minimum atomic E-state index is -0.369. The van der Waals surface area contributed by atoms with Gasteiger partial charge in [0.15, 0.2) is 0 Å². The number of fused-ring (bicyclic) bond motifs is 5. The Hall–Kier alpha value is -1.09. The average molecular weight is 248 g/mol. The molecule has 2 bridgehead atoms. The first-order valence-electron chi connectivity index (χ1n) is 6.87. The molecule has 0 unspecified atom stereocenters. The molecular formula is C15H20O3. The van der Waals surface area contributed by atoms with E-state index >= 15 is 0 Å². The van der Waals surface area contributed by atoms with Crippen LogP contribution in [0.1, 0.15) is 19.3 Å². The van der Waals surface area contributed by atoms with Crippen LogP contribution < -0.4 is 0 Å². The van der Waals surface area contributed by atoms with Crippen LogP contribution in [0.3, 0.4) is 0 Å². The van der Waals surface area contributed by atoms with Crippen LogP contribution in [0.4, 0.5) is 0 Å². The highest BCUT2D eigenvalue weighted by atomic mass is 16.6. The van der Waals surface area contributed by atoms with Crippen LogP contribution in [0.25, 0.3) is 0 Å². The Morgan fingerprint density at radius 2 is 2.22 bits per heavy atom. The minimum absolute atomic E-state index is 0.338. The maximum absolute atomic E-state index is 10.9. The van der Waals surface area contributed by atoms with Crippen molar-refractivity contribution in [3.05, 3.63) is 24.8 Å². The second kappa shape index (κ2) is 4.88. The smallest absolute Gasteiger partial charge is 0.330 e. The van der Waals surface area contributed by atoms with E-state index in [9.17, 15) is 4.79 Å². The summed E-state index contributed by atoms with van der Waals surface area (Å²) >= 11 is 0. The van der Waals surface area contributed by atoms with Gasteiger partial charge in [-0.15, -0.1) is 0 Å². The van der Waals surface area contributed by atoms with Crippen molar-refractivity contribution in [2.75, 3.05) is 13.2 Å². The van der Waals surface area contributed by atoms with E-state index in [1.807, 2.05) is 0 Å². The number of esters is 1. The van der Waals surface area contributed by atoms with Crippen LogP contribution >= 0.6 is 0 Å². The fourth-order valence-corrected chi connectivity index (χ4v) is 4.09. The topological polar surface area (TPSA) is 35.5 Å². The fourth-order valence-electron chi connectivity index (χ4n) is 4.09. The molecule has 5 atom stereocenters. The van der Waals surface area contributed by atoms with Crippen molar-refractivity contribution in [2.45, 2.75) is 25.4 Å². The summed E-state index contributed by atoms with van der Waals surface area (Å²) < 4.78 is 10.8. The molecule has 3 heteroatoms. The molecule has 2 fully saturated rings. The molecule has 0 aromatic heterocycles. The minimum Gasteiger partial charge on any atom is -0.460 e. The van der Waals surface area contributed by atoms with Gasteiger partial charge in [0.2, 0.25) is 0 Å². The molecule has 0 aromatic rings. The lowest BCUT2D eigenvalue weighted by Crippen LogP contribution is -2.31. The highest BCUT2D eigenvalue weighted by Gasteiger charge is 2.52. The lowest BCUT2D eigenvalue weighted by Gasteiger charge is -2.31. The SMILES string of the molecule is C=CC(=O)OCCO[C@@H]1C[C@@H]2C[C@@H]1[C@H]1CC=C[C@H]21. The molecule has 3 aliphatic rings. The number of ether oxygens (including phenoxy) is 2. The Morgan fingerprint density at radius 1 is 1.33 bits per heavy atom. The zero-order valence-corrected chi connectivity index (χ0v) is 10.6. The van der Waals surface area contributed by atoms with Gasteiger partial charge in [-0.2, -0.15) is 0 Å². The molecule has 3 nitrogen and oxygen atoms in total. The van der Waals surface area contributed by atoms with E-state index in [0.717, 1.165) is 23.7 Å². The molecular weight excluding hydrogens is 228 g/mol. The van der Waals surface area contributed by atoms with Crippen molar-refractivity contribution in [2.24, 2.45) is 23.7 Å². The molecule has 3 aliphatic carbocycles. The van der Waals surface area contributed by atoms with Gasteiger partial charge in [0.05, 0.1) is 12.7 Å². The van der Waals surface area contributed by atoms with E-state index in [4.69, 9.17) is 9.47 Å². The van der Waals surface area contributed by atoms with Gasteiger partial charge in [0.25, 0.3) is 0 Å². The Labute approximate surface area is 108 Å². The maximum Gasteiger partial charge on any atom is 0.330 e. The molecule has 0 amide bonds. The zero-order chi connectivity index (χ0) is 12.5. The van der Waals surface area contributed by atoms with Gasteiger partial charge in [-0.05, 0) is 42.9 Å². The van der Waals surface area contributed by atoms with E-state index in [-0.39, 0.29) is 5.97 Å². The van der Waals surface area contributed by atoms with Gasteiger partial charge >= 0.3 is 5.97 Å². The number of allylic oxidation sites excluding steroid dienone is 2. The van der Waals surface area contributed by atoms with Crippen LogP contribution in [0.5, 0.6) is 0 Å². The first kappa shape index (κ1) is 12.0. The first-order chi connectivity index (χ1) is 8.79. The largest absolute Gasteiger partial charge is 0.460 e. The monoisotopic (exact) mass is 248 g/mol. The van der Waals surface area contributed by atoms with Gasteiger partial charge in [0, 0.05) is 6.08 Å². The zero-order valence-electron chi connectivity index (χ0n) is 10.6. The van der Waals surface area contributed by atoms with Gasteiger partial charge in [-0.3, -0.25) is 0 Å².